The summed E-state index contributed by atoms with van der Waals surface area (Å²) in [6, 6.07) is 0.806. The molecule has 0 N–H and O–H groups in total. The molecule has 0 saturated carbocycles. The third-order valence-electron chi connectivity index (χ3n) is 3.81. The van der Waals surface area contributed by atoms with Crippen molar-refractivity contribution < 1.29 is 0 Å². The Morgan fingerprint density at radius 2 is 1.75 bits per heavy atom. The molecule has 2 nitrogen and oxygen atoms in total. The van der Waals surface area contributed by atoms with Crippen LogP contribution in [0.25, 0.3) is 0 Å². The summed E-state index contributed by atoms with van der Waals surface area (Å²) in [4.78, 5) is 5.02. The summed E-state index contributed by atoms with van der Waals surface area (Å²) in [6.07, 6.45) is 9.87. The molecule has 0 spiro atoms. The molecular weight excluding hydrogens is 196 g/mol. The quantitative estimate of drug-likeness (QED) is 0.587. The molecule has 1 atom stereocenters. The van der Waals surface area contributed by atoms with Crippen LogP contribution < -0.4 is 0 Å². The average Bonchev–Trinajstić information content (AvgIpc) is 2.72. The second-order valence-electron chi connectivity index (χ2n) is 5.47. The molecule has 1 aliphatic heterocycles. The summed E-state index contributed by atoms with van der Waals surface area (Å²) < 4.78 is 0. The zero-order valence-corrected chi connectivity index (χ0v) is 11.5. The molecule has 0 radical (unpaired) electrons. The number of unbranched alkanes of at least 4 members (excludes halogenated alkanes) is 5. The van der Waals surface area contributed by atoms with E-state index in [1.807, 2.05) is 0 Å². The zero-order chi connectivity index (χ0) is 11.8. The van der Waals surface area contributed by atoms with E-state index in [1.165, 1.54) is 64.6 Å². The van der Waals surface area contributed by atoms with Crippen molar-refractivity contribution in [1.29, 1.82) is 0 Å². The highest BCUT2D eigenvalue weighted by Gasteiger charge is 2.22. The summed E-state index contributed by atoms with van der Waals surface area (Å²) in [7, 11) is 4.41. The van der Waals surface area contributed by atoms with Gasteiger partial charge in [0.1, 0.15) is 0 Å². The lowest BCUT2D eigenvalue weighted by Gasteiger charge is -2.20. The van der Waals surface area contributed by atoms with E-state index in [9.17, 15) is 0 Å². The Labute approximate surface area is 102 Å². The van der Waals surface area contributed by atoms with Gasteiger partial charge in [0.25, 0.3) is 0 Å². The van der Waals surface area contributed by atoms with Crippen LogP contribution >= 0.6 is 0 Å². The Kier molecular flexibility index (Phi) is 7.06. The smallest absolute Gasteiger partial charge is 0.0229 e. The Bertz CT molecular complexity index is 168. The molecule has 0 aliphatic carbocycles. The molecule has 0 aromatic rings. The summed E-state index contributed by atoms with van der Waals surface area (Å²) in [5.41, 5.74) is 0. The molecular formula is C14H30N2. The van der Waals surface area contributed by atoms with Crippen molar-refractivity contribution >= 4 is 0 Å². The van der Waals surface area contributed by atoms with E-state index < -0.39 is 0 Å². The fourth-order valence-corrected chi connectivity index (χ4v) is 2.55. The minimum atomic E-state index is 0.806. The number of likely N-dealkylation sites (tertiary alicyclic amines) is 1. The fourth-order valence-electron chi connectivity index (χ4n) is 2.55. The highest BCUT2D eigenvalue weighted by atomic mass is 15.2. The van der Waals surface area contributed by atoms with Crippen molar-refractivity contribution in [3.63, 3.8) is 0 Å². The third-order valence-corrected chi connectivity index (χ3v) is 3.81. The van der Waals surface area contributed by atoms with E-state index in [-0.39, 0.29) is 0 Å². The van der Waals surface area contributed by atoms with Gasteiger partial charge in [0.2, 0.25) is 0 Å². The minimum absolute atomic E-state index is 0.806. The van der Waals surface area contributed by atoms with Crippen molar-refractivity contribution in [3.05, 3.63) is 0 Å². The second kappa shape index (κ2) is 8.08. The lowest BCUT2D eigenvalue weighted by molar-refractivity contribution is 0.265. The first kappa shape index (κ1) is 14.0. The number of likely N-dealkylation sites (N-methyl/N-ethyl adjacent to an activating group) is 1. The molecule has 1 aliphatic rings. The Morgan fingerprint density at radius 1 is 1.06 bits per heavy atom. The molecule has 96 valence electrons. The monoisotopic (exact) mass is 226 g/mol. The van der Waals surface area contributed by atoms with Crippen LogP contribution in [0, 0.1) is 0 Å². The molecule has 1 rings (SSSR count). The summed E-state index contributed by atoms with van der Waals surface area (Å²) in [5, 5.41) is 0. The molecule has 0 aromatic heterocycles. The highest BCUT2D eigenvalue weighted by molar-refractivity contribution is 4.80. The number of nitrogens with zero attached hydrogens (tertiary/aromatic N) is 2. The van der Waals surface area contributed by atoms with E-state index in [2.05, 4.69) is 30.8 Å². The molecule has 1 fully saturated rings. The van der Waals surface area contributed by atoms with Gasteiger partial charge in [-0.3, -0.25) is 0 Å². The molecule has 2 heteroatoms. The summed E-state index contributed by atoms with van der Waals surface area (Å²) in [5.74, 6) is 0. The molecule has 0 bridgehead atoms. The maximum absolute atomic E-state index is 2.64. The van der Waals surface area contributed by atoms with E-state index in [4.69, 9.17) is 0 Å². The van der Waals surface area contributed by atoms with Gasteiger partial charge in [0.15, 0.2) is 0 Å². The maximum Gasteiger partial charge on any atom is 0.0229 e. The van der Waals surface area contributed by atoms with Crippen LogP contribution in [0.5, 0.6) is 0 Å². The van der Waals surface area contributed by atoms with Gasteiger partial charge in [-0.05, 0) is 40.0 Å². The lowest BCUT2D eigenvalue weighted by atomic mass is 10.1. The van der Waals surface area contributed by atoms with Crippen LogP contribution in [-0.4, -0.2) is 49.6 Å². The third kappa shape index (κ3) is 5.31. The van der Waals surface area contributed by atoms with Crippen LogP contribution in [0.3, 0.4) is 0 Å². The summed E-state index contributed by atoms with van der Waals surface area (Å²) in [6.45, 7) is 6.22. The normalized spacial score (nSPS) is 22.1. The van der Waals surface area contributed by atoms with E-state index in [0.29, 0.717) is 0 Å². The van der Waals surface area contributed by atoms with Gasteiger partial charge >= 0.3 is 0 Å². The predicted molar refractivity (Wildman–Crippen MR) is 71.9 cm³/mol. The molecule has 16 heavy (non-hydrogen) atoms. The van der Waals surface area contributed by atoms with Crippen LogP contribution in [0.1, 0.15) is 51.9 Å². The molecule has 0 amide bonds. The summed E-state index contributed by atoms with van der Waals surface area (Å²) >= 11 is 0. The van der Waals surface area contributed by atoms with Gasteiger partial charge in [-0.25, -0.2) is 0 Å². The molecule has 1 unspecified atom stereocenters. The van der Waals surface area contributed by atoms with E-state index in [1.54, 1.807) is 0 Å². The zero-order valence-electron chi connectivity index (χ0n) is 11.5. The van der Waals surface area contributed by atoms with Crippen molar-refractivity contribution in [2.45, 2.75) is 57.9 Å². The minimum Gasteiger partial charge on any atom is -0.305 e. The van der Waals surface area contributed by atoms with Crippen LogP contribution in [0.15, 0.2) is 0 Å². The average molecular weight is 226 g/mol. The first-order valence-corrected chi connectivity index (χ1v) is 7.12. The van der Waals surface area contributed by atoms with E-state index >= 15 is 0 Å². The van der Waals surface area contributed by atoms with Crippen LogP contribution in [0.4, 0.5) is 0 Å². The standard InChI is InChI=1S/C14H30N2/c1-4-5-6-7-8-9-11-16-12-10-14(13-16)15(2)3/h14H,4-13H2,1-3H3. The first-order chi connectivity index (χ1) is 7.74. The van der Waals surface area contributed by atoms with Crippen molar-refractivity contribution in [2.24, 2.45) is 0 Å². The highest BCUT2D eigenvalue weighted by Crippen LogP contribution is 2.14. The predicted octanol–water partition coefficient (Wildman–Crippen LogP) is 2.98. The van der Waals surface area contributed by atoms with Gasteiger partial charge in [0.05, 0.1) is 0 Å². The molecule has 0 aromatic carbocycles. The van der Waals surface area contributed by atoms with Crippen LogP contribution in [-0.2, 0) is 0 Å². The lowest BCUT2D eigenvalue weighted by Crippen LogP contribution is -2.31. The molecule has 1 heterocycles. The van der Waals surface area contributed by atoms with Gasteiger partial charge in [-0.15, -0.1) is 0 Å². The van der Waals surface area contributed by atoms with Gasteiger partial charge in [0, 0.05) is 12.6 Å². The van der Waals surface area contributed by atoms with Crippen molar-refractivity contribution in [2.75, 3.05) is 33.7 Å². The van der Waals surface area contributed by atoms with Gasteiger partial charge in [-0.2, -0.15) is 0 Å². The number of rotatable bonds is 8. The van der Waals surface area contributed by atoms with Crippen molar-refractivity contribution in [3.8, 4) is 0 Å². The maximum atomic E-state index is 2.64. The molecule has 1 saturated heterocycles. The van der Waals surface area contributed by atoms with Crippen molar-refractivity contribution in [1.82, 2.24) is 9.80 Å². The second-order valence-corrected chi connectivity index (χ2v) is 5.47. The SMILES string of the molecule is CCCCCCCCN1CCC(N(C)C)C1. The topological polar surface area (TPSA) is 6.48 Å². The Hall–Kier alpha value is -0.0800. The van der Waals surface area contributed by atoms with E-state index in [0.717, 1.165) is 6.04 Å². The Balaban J connectivity index is 1.94. The number of hydrogen-bond acceptors (Lipinski definition) is 2. The van der Waals surface area contributed by atoms with Crippen LogP contribution in [0.2, 0.25) is 0 Å². The fraction of sp³-hybridized carbons (Fsp3) is 1.00. The first-order valence-electron chi connectivity index (χ1n) is 7.12. The number of hydrogen-bond donors (Lipinski definition) is 0. The van der Waals surface area contributed by atoms with Gasteiger partial charge < -0.3 is 9.80 Å². The Morgan fingerprint density at radius 3 is 2.38 bits per heavy atom. The largest absolute Gasteiger partial charge is 0.305 e. The van der Waals surface area contributed by atoms with Gasteiger partial charge in [-0.1, -0.05) is 39.0 Å².